The van der Waals surface area contributed by atoms with Gasteiger partial charge in [-0.05, 0) is 36.0 Å². The minimum Gasteiger partial charge on any atom is -0.493 e. The van der Waals surface area contributed by atoms with Crippen molar-refractivity contribution in [3.05, 3.63) is 29.3 Å². The van der Waals surface area contributed by atoms with Gasteiger partial charge >= 0.3 is 0 Å². The summed E-state index contributed by atoms with van der Waals surface area (Å²) in [5.74, 6) is 1.60. The van der Waals surface area contributed by atoms with Gasteiger partial charge in [0.25, 0.3) is 0 Å². The van der Waals surface area contributed by atoms with Crippen molar-refractivity contribution in [2.45, 2.75) is 46.3 Å². The maximum Gasteiger partial charge on any atom is 0.133 e. The molecule has 1 atom stereocenters. The molecule has 1 aliphatic heterocycles. The van der Waals surface area contributed by atoms with Gasteiger partial charge in [0.1, 0.15) is 12.0 Å². The van der Waals surface area contributed by atoms with Gasteiger partial charge in [-0.15, -0.1) is 0 Å². The van der Waals surface area contributed by atoms with Gasteiger partial charge in [0.15, 0.2) is 0 Å². The van der Waals surface area contributed by atoms with Crippen molar-refractivity contribution in [2.24, 2.45) is 5.92 Å². The van der Waals surface area contributed by atoms with Crippen molar-refractivity contribution in [1.29, 1.82) is 0 Å². The zero-order valence-electron chi connectivity index (χ0n) is 12.9. The molecule has 0 bridgehead atoms. The Kier molecular flexibility index (Phi) is 5.44. The number of benzene rings is 1. The zero-order valence-corrected chi connectivity index (χ0v) is 12.9. The number of ether oxygens (including phenoxy) is 1. The Morgan fingerprint density at radius 2 is 2.10 bits per heavy atom. The van der Waals surface area contributed by atoms with E-state index in [1.807, 2.05) is 12.1 Å². The molecule has 0 radical (unpaired) electrons. The first-order valence-electron chi connectivity index (χ1n) is 7.79. The first-order valence-corrected chi connectivity index (χ1v) is 7.79. The van der Waals surface area contributed by atoms with E-state index in [0.717, 1.165) is 50.3 Å². The molecule has 0 saturated heterocycles. The third-order valence-corrected chi connectivity index (χ3v) is 3.87. The lowest BCUT2D eigenvalue weighted by atomic mass is 10.1. The smallest absolute Gasteiger partial charge is 0.133 e. The van der Waals surface area contributed by atoms with Crippen LogP contribution < -0.4 is 4.74 Å². The van der Waals surface area contributed by atoms with E-state index in [-0.39, 0.29) is 0 Å². The molecule has 1 aromatic rings. The summed E-state index contributed by atoms with van der Waals surface area (Å²) in [6, 6.07) is 6.13. The van der Waals surface area contributed by atoms with Crippen molar-refractivity contribution in [2.75, 3.05) is 19.7 Å². The van der Waals surface area contributed by atoms with Crippen LogP contribution in [0.1, 0.15) is 51.0 Å². The SMILES string of the molecule is CCCN(CCC(C)C)C(O)c1ccc2c(c1)OCC2. The predicted octanol–water partition coefficient (Wildman–Crippen LogP) is 3.37. The maximum atomic E-state index is 10.6. The van der Waals surface area contributed by atoms with Crippen LogP contribution in [0, 0.1) is 5.92 Å². The van der Waals surface area contributed by atoms with Crippen molar-refractivity contribution in [1.82, 2.24) is 4.90 Å². The average molecular weight is 277 g/mol. The second kappa shape index (κ2) is 7.09. The second-order valence-electron chi connectivity index (χ2n) is 6.06. The van der Waals surface area contributed by atoms with Crippen LogP contribution >= 0.6 is 0 Å². The number of aliphatic hydroxyl groups excluding tert-OH is 1. The van der Waals surface area contributed by atoms with E-state index in [1.54, 1.807) is 0 Å². The van der Waals surface area contributed by atoms with Crippen LogP contribution in [0.3, 0.4) is 0 Å². The summed E-state index contributed by atoms with van der Waals surface area (Å²) < 4.78 is 5.60. The summed E-state index contributed by atoms with van der Waals surface area (Å²) >= 11 is 0. The molecule has 2 rings (SSSR count). The van der Waals surface area contributed by atoms with E-state index >= 15 is 0 Å². The molecule has 0 fully saturated rings. The Balaban J connectivity index is 2.07. The van der Waals surface area contributed by atoms with Gasteiger partial charge in [0, 0.05) is 19.5 Å². The summed E-state index contributed by atoms with van der Waals surface area (Å²) in [5, 5.41) is 10.6. The van der Waals surface area contributed by atoms with Gasteiger partial charge in [-0.3, -0.25) is 4.90 Å². The number of nitrogens with zero attached hydrogens (tertiary/aromatic N) is 1. The largest absolute Gasteiger partial charge is 0.493 e. The fraction of sp³-hybridized carbons (Fsp3) is 0.647. The normalized spacial score (nSPS) is 15.5. The highest BCUT2D eigenvalue weighted by molar-refractivity contribution is 5.40. The highest BCUT2D eigenvalue weighted by Gasteiger charge is 2.20. The first-order chi connectivity index (χ1) is 9.61. The number of aliphatic hydroxyl groups is 1. The minimum atomic E-state index is -0.525. The van der Waals surface area contributed by atoms with Crippen molar-refractivity contribution >= 4 is 0 Å². The van der Waals surface area contributed by atoms with Crippen LogP contribution in [-0.4, -0.2) is 29.7 Å². The maximum absolute atomic E-state index is 10.6. The minimum absolute atomic E-state index is 0.525. The molecule has 0 amide bonds. The van der Waals surface area contributed by atoms with Crippen LogP contribution in [0.4, 0.5) is 0 Å². The molecule has 1 heterocycles. The molecule has 0 aliphatic carbocycles. The molecule has 0 aromatic heterocycles. The van der Waals surface area contributed by atoms with Crippen LogP contribution in [0.15, 0.2) is 18.2 Å². The molecule has 112 valence electrons. The van der Waals surface area contributed by atoms with Gasteiger partial charge < -0.3 is 9.84 Å². The fourth-order valence-corrected chi connectivity index (χ4v) is 2.62. The number of hydrogen-bond acceptors (Lipinski definition) is 3. The zero-order chi connectivity index (χ0) is 14.5. The number of rotatable bonds is 7. The lowest BCUT2D eigenvalue weighted by Crippen LogP contribution is -2.31. The topological polar surface area (TPSA) is 32.7 Å². The molecule has 1 aromatic carbocycles. The lowest BCUT2D eigenvalue weighted by molar-refractivity contribution is -0.00112. The molecule has 1 unspecified atom stereocenters. The van der Waals surface area contributed by atoms with Gasteiger partial charge in [-0.2, -0.15) is 0 Å². The molecule has 0 saturated carbocycles. The summed E-state index contributed by atoms with van der Waals surface area (Å²) in [6.45, 7) is 9.22. The Morgan fingerprint density at radius 1 is 1.30 bits per heavy atom. The standard InChI is InChI=1S/C17H27NO2/c1-4-9-18(10-7-13(2)3)17(19)15-6-5-14-8-11-20-16(14)12-15/h5-6,12-13,17,19H,4,7-11H2,1-3H3. The van der Waals surface area contributed by atoms with Gasteiger partial charge in [-0.1, -0.05) is 32.9 Å². The predicted molar refractivity (Wildman–Crippen MR) is 81.9 cm³/mol. The average Bonchev–Trinajstić information content (AvgIpc) is 2.89. The lowest BCUT2D eigenvalue weighted by Gasteiger charge is -2.28. The van der Waals surface area contributed by atoms with E-state index in [2.05, 4.69) is 31.7 Å². The number of hydrogen-bond donors (Lipinski definition) is 1. The van der Waals surface area contributed by atoms with Crippen LogP contribution in [0.2, 0.25) is 0 Å². The van der Waals surface area contributed by atoms with Gasteiger partial charge in [0.2, 0.25) is 0 Å². The van der Waals surface area contributed by atoms with E-state index < -0.39 is 6.23 Å². The molecule has 3 heteroatoms. The molecule has 0 spiro atoms. The Morgan fingerprint density at radius 3 is 2.80 bits per heavy atom. The summed E-state index contributed by atoms with van der Waals surface area (Å²) in [5.41, 5.74) is 2.20. The van der Waals surface area contributed by atoms with Gasteiger partial charge in [-0.25, -0.2) is 0 Å². The summed E-state index contributed by atoms with van der Waals surface area (Å²) in [4.78, 5) is 2.16. The first kappa shape index (κ1) is 15.3. The monoisotopic (exact) mass is 277 g/mol. The van der Waals surface area contributed by atoms with Crippen LogP contribution in [0.5, 0.6) is 5.75 Å². The third-order valence-electron chi connectivity index (χ3n) is 3.87. The second-order valence-corrected chi connectivity index (χ2v) is 6.06. The quantitative estimate of drug-likeness (QED) is 0.776. The number of fused-ring (bicyclic) bond motifs is 1. The van der Waals surface area contributed by atoms with Crippen LogP contribution in [0.25, 0.3) is 0 Å². The Bertz CT molecular complexity index is 431. The highest BCUT2D eigenvalue weighted by atomic mass is 16.5. The highest BCUT2D eigenvalue weighted by Crippen LogP contribution is 2.30. The van der Waals surface area contributed by atoms with E-state index in [4.69, 9.17) is 4.74 Å². The summed E-state index contributed by atoms with van der Waals surface area (Å²) in [6.07, 6.45) is 2.62. The van der Waals surface area contributed by atoms with E-state index in [0.29, 0.717) is 5.92 Å². The fourth-order valence-electron chi connectivity index (χ4n) is 2.62. The van der Waals surface area contributed by atoms with Crippen LogP contribution in [-0.2, 0) is 6.42 Å². The van der Waals surface area contributed by atoms with Crippen molar-refractivity contribution < 1.29 is 9.84 Å². The van der Waals surface area contributed by atoms with Crippen molar-refractivity contribution in [3.63, 3.8) is 0 Å². The third kappa shape index (κ3) is 3.74. The molecular formula is C17H27NO2. The molecule has 1 N–H and O–H groups in total. The molecule has 20 heavy (non-hydrogen) atoms. The molecular weight excluding hydrogens is 250 g/mol. The Hall–Kier alpha value is -1.06. The van der Waals surface area contributed by atoms with E-state index in [9.17, 15) is 5.11 Å². The summed E-state index contributed by atoms with van der Waals surface area (Å²) in [7, 11) is 0. The Labute approximate surface area is 122 Å². The van der Waals surface area contributed by atoms with E-state index in [1.165, 1.54) is 5.56 Å². The van der Waals surface area contributed by atoms with Crippen molar-refractivity contribution in [3.8, 4) is 5.75 Å². The molecule has 1 aliphatic rings. The molecule has 3 nitrogen and oxygen atoms in total. The van der Waals surface area contributed by atoms with Gasteiger partial charge in [0.05, 0.1) is 6.61 Å².